The highest BCUT2D eigenvalue weighted by atomic mass is 16.6. The van der Waals surface area contributed by atoms with Gasteiger partial charge in [0.2, 0.25) is 0 Å². The van der Waals surface area contributed by atoms with Gasteiger partial charge in [-0.25, -0.2) is 4.79 Å². The summed E-state index contributed by atoms with van der Waals surface area (Å²) in [7, 11) is 2.60. The van der Waals surface area contributed by atoms with Gasteiger partial charge in [-0.3, -0.25) is 34.7 Å². The number of rotatable bonds is 16. The van der Waals surface area contributed by atoms with Gasteiger partial charge in [-0.05, 0) is 76.2 Å². The summed E-state index contributed by atoms with van der Waals surface area (Å²) in [5.74, 6) is -1.29. The van der Waals surface area contributed by atoms with Crippen LogP contribution in [0.4, 0.5) is 11.4 Å². The smallest absolute Gasteiger partial charge is 0.329 e. The van der Waals surface area contributed by atoms with E-state index in [4.69, 9.17) is 18.9 Å². The third-order valence-electron chi connectivity index (χ3n) is 8.82. The first-order valence-corrected chi connectivity index (χ1v) is 17.2. The van der Waals surface area contributed by atoms with Gasteiger partial charge in [-0.1, -0.05) is 24.3 Å². The Morgan fingerprint density at radius 3 is 1.87 bits per heavy atom. The summed E-state index contributed by atoms with van der Waals surface area (Å²) in [6, 6.07) is 4.01. The van der Waals surface area contributed by atoms with Crippen LogP contribution in [-0.2, 0) is 9.53 Å². The van der Waals surface area contributed by atoms with E-state index in [9.17, 15) is 34.6 Å². The molecule has 0 saturated carbocycles. The molecule has 0 spiro atoms. The number of unbranched alkanes of at least 4 members (excludes halogenated alkanes) is 2. The van der Waals surface area contributed by atoms with Crippen molar-refractivity contribution in [3.8, 4) is 17.2 Å². The molecule has 2 aliphatic heterocycles. The average molecular weight is 733 g/mol. The topological polar surface area (TPSA) is 181 Å². The van der Waals surface area contributed by atoms with E-state index in [0.717, 1.165) is 5.57 Å². The SMILES string of the molecule is C/C=C/C1=CN(C(=O)c2cc(OC)c(OCCCCCOc3cc([N+](=O)[O-])c(C(=O)N4C=C(/C=C/C)CC4C(=O)OC)cc3C)cc2[N+](=O)[O-])C(C)C1. The van der Waals surface area contributed by atoms with Crippen LogP contribution in [0, 0.1) is 27.2 Å². The number of nitro groups is 2. The highest BCUT2D eigenvalue weighted by Gasteiger charge is 2.38. The molecule has 2 atom stereocenters. The molecule has 0 N–H and O–H groups in total. The summed E-state index contributed by atoms with van der Waals surface area (Å²) in [5.41, 5.74) is 1.01. The molecule has 0 saturated heterocycles. The van der Waals surface area contributed by atoms with Crippen molar-refractivity contribution >= 4 is 29.2 Å². The number of methoxy groups -OCH3 is 2. The van der Waals surface area contributed by atoms with Crippen LogP contribution in [0.5, 0.6) is 17.2 Å². The lowest BCUT2D eigenvalue weighted by Gasteiger charge is -2.22. The lowest BCUT2D eigenvalue weighted by Crippen LogP contribution is -2.39. The van der Waals surface area contributed by atoms with Crippen LogP contribution in [0.1, 0.15) is 79.2 Å². The largest absolute Gasteiger partial charge is 0.493 e. The zero-order chi connectivity index (χ0) is 38.8. The van der Waals surface area contributed by atoms with Crippen LogP contribution in [0.25, 0.3) is 0 Å². The molecule has 0 bridgehead atoms. The molecule has 0 aliphatic carbocycles. The molecule has 0 fully saturated rings. The molecule has 4 rings (SSSR count). The summed E-state index contributed by atoms with van der Waals surface area (Å²) < 4.78 is 22.0. The van der Waals surface area contributed by atoms with E-state index in [1.807, 2.05) is 26.0 Å². The number of ether oxygens (including phenoxy) is 4. The Morgan fingerprint density at radius 2 is 1.30 bits per heavy atom. The fourth-order valence-electron chi connectivity index (χ4n) is 6.21. The number of amides is 2. The van der Waals surface area contributed by atoms with Crippen LogP contribution in [0.2, 0.25) is 0 Å². The fourth-order valence-corrected chi connectivity index (χ4v) is 6.21. The van der Waals surface area contributed by atoms with Crippen molar-refractivity contribution in [1.29, 1.82) is 0 Å². The number of hydrogen-bond acceptors (Lipinski definition) is 11. The second-order valence-corrected chi connectivity index (χ2v) is 12.6. The Bertz CT molecular complexity index is 1880. The number of esters is 1. The monoisotopic (exact) mass is 732 g/mol. The quantitative estimate of drug-likeness (QED) is 0.0751. The normalized spacial score (nSPS) is 16.9. The minimum atomic E-state index is -0.948. The third kappa shape index (κ3) is 9.28. The highest BCUT2D eigenvalue weighted by molar-refractivity contribution is 6.02. The number of nitrogens with zero attached hydrogens (tertiary/aromatic N) is 4. The molecule has 2 heterocycles. The molecule has 2 amide bonds. The third-order valence-corrected chi connectivity index (χ3v) is 8.82. The van der Waals surface area contributed by atoms with Gasteiger partial charge in [0, 0.05) is 30.9 Å². The lowest BCUT2D eigenvalue weighted by molar-refractivity contribution is -0.385. The first-order valence-electron chi connectivity index (χ1n) is 17.2. The van der Waals surface area contributed by atoms with Crippen LogP contribution in [-0.4, -0.2) is 76.9 Å². The second kappa shape index (κ2) is 18.0. The number of allylic oxidation sites excluding steroid dienone is 4. The van der Waals surface area contributed by atoms with Gasteiger partial charge in [0.1, 0.15) is 22.9 Å². The van der Waals surface area contributed by atoms with Crippen LogP contribution < -0.4 is 14.2 Å². The maximum absolute atomic E-state index is 13.5. The predicted molar refractivity (Wildman–Crippen MR) is 195 cm³/mol. The molecule has 0 radical (unpaired) electrons. The van der Waals surface area contributed by atoms with Crippen molar-refractivity contribution in [2.75, 3.05) is 27.4 Å². The zero-order valence-electron chi connectivity index (χ0n) is 30.7. The van der Waals surface area contributed by atoms with E-state index in [0.29, 0.717) is 36.8 Å². The Balaban J connectivity index is 1.37. The second-order valence-electron chi connectivity index (χ2n) is 12.6. The molecular weight excluding hydrogens is 688 g/mol. The number of nitro benzene ring substituents is 2. The molecule has 15 heteroatoms. The van der Waals surface area contributed by atoms with Gasteiger partial charge in [0.15, 0.2) is 11.5 Å². The Morgan fingerprint density at radius 1 is 0.774 bits per heavy atom. The van der Waals surface area contributed by atoms with Crippen molar-refractivity contribution in [1.82, 2.24) is 9.80 Å². The van der Waals surface area contributed by atoms with Gasteiger partial charge in [-0.15, -0.1) is 0 Å². The zero-order valence-corrected chi connectivity index (χ0v) is 30.7. The summed E-state index contributed by atoms with van der Waals surface area (Å²) in [5, 5.41) is 24.1. The predicted octanol–water partition coefficient (Wildman–Crippen LogP) is 6.99. The maximum Gasteiger partial charge on any atom is 0.329 e. The summed E-state index contributed by atoms with van der Waals surface area (Å²) in [6.07, 6.45) is 13.1. The van der Waals surface area contributed by atoms with E-state index in [2.05, 4.69) is 0 Å². The van der Waals surface area contributed by atoms with Crippen LogP contribution in [0.3, 0.4) is 0 Å². The first kappa shape index (κ1) is 39.8. The van der Waals surface area contributed by atoms with E-state index >= 15 is 0 Å². The molecule has 282 valence electrons. The van der Waals surface area contributed by atoms with Crippen molar-refractivity contribution in [2.45, 2.75) is 71.9 Å². The fraction of sp³-hybridized carbons (Fsp3) is 0.395. The van der Waals surface area contributed by atoms with Gasteiger partial charge < -0.3 is 23.8 Å². The number of carbonyl (C=O) groups excluding carboxylic acids is 3. The first-order chi connectivity index (χ1) is 25.3. The molecule has 2 unspecified atom stereocenters. The van der Waals surface area contributed by atoms with Gasteiger partial charge >= 0.3 is 5.97 Å². The summed E-state index contributed by atoms with van der Waals surface area (Å²) in [6.45, 7) is 7.61. The summed E-state index contributed by atoms with van der Waals surface area (Å²) >= 11 is 0. The number of aryl methyl sites for hydroxylation is 1. The Hall–Kier alpha value is -5.99. The van der Waals surface area contributed by atoms with E-state index in [1.54, 1.807) is 32.2 Å². The molecule has 2 aliphatic rings. The Kier molecular flexibility index (Phi) is 13.5. The molecule has 0 aromatic heterocycles. The van der Waals surface area contributed by atoms with Gasteiger partial charge in [-0.2, -0.15) is 0 Å². The summed E-state index contributed by atoms with van der Waals surface area (Å²) in [4.78, 5) is 64.8. The molecule has 2 aromatic rings. The van der Waals surface area contributed by atoms with Crippen molar-refractivity contribution in [3.05, 3.63) is 109 Å². The maximum atomic E-state index is 13.5. The minimum Gasteiger partial charge on any atom is -0.493 e. The number of hydrogen-bond donors (Lipinski definition) is 0. The highest BCUT2D eigenvalue weighted by Crippen LogP contribution is 2.37. The van der Waals surface area contributed by atoms with E-state index in [-0.39, 0.29) is 54.1 Å². The molecule has 2 aromatic carbocycles. The molecular formula is C38H44N4O11. The standard InChI is InChI=1S/C38H44N4O11/c1-7-12-26-17-25(4)39(22-26)36(43)29-19-34(50-5)35(21-31(29)42(48)49)53-15-11-9-10-14-52-33-20-30(41(46)47)28(16-24(33)3)37(44)40-23-27(13-8-2)18-32(40)38(45)51-6/h7-8,12-13,16,19-23,25,32H,9-11,14-15,17-18H2,1-6H3/b12-7+,13-8+. The van der Waals surface area contributed by atoms with E-state index in [1.165, 1.54) is 54.5 Å². The van der Waals surface area contributed by atoms with Crippen molar-refractivity contribution < 1.29 is 43.2 Å². The number of carbonyl (C=O) groups is 3. The van der Waals surface area contributed by atoms with Crippen LogP contribution in [0.15, 0.2) is 72.1 Å². The van der Waals surface area contributed by atoms with Gasteiger partial charge in [0.25, 0.3) is 23.2 Å². The Labute approximate surface area is 307 Å². The molecule has 15 nitrogen and oxygen atoms in total. The van der Waals surface area contributed by atoms with Crippen molar-refractivity contribution in [3.63, 3.8) is 0 Å². The number of benzene rings is 2. The average Bonchev–Trinajstić information content (AvgIpc) is 3.73. The lowest BCUT2D eigenvalue weighted by atomic mass is 10.1. The van der Waals surface area contributed by atoms with Crippen molar-refractivity contribution in [2.24, 2.45) is 0 Å². The minimum absolute atomic E-state index is 0.106. The van der Waals surface area contributed by atoms with Gasteiger partial charge in [0.05, 0.1) is 49.4 Å². The van der Waals surface area contributed by atoms with E-state index < -0.39 is 45.0 Å². The van der Waals surface area contributed by atoms with Crippen LogP contribution >= 0.6 is 0 Å². The molecule has 53 heavy (non-hydrogen) atoms.